The molecule has 0 radical (unpaired) electrons. The van der Waals surface area contributed by atoms with Gasteiger partial charge in [-0.15, -0.1) is 0 Å². The lowest BCUT2D eigenvalue weighted by molar-refractivity contribution is -0.139. The number of anilines is 1. The van der Waals surface area contributed by atoms with E-state index in [1.54, 1.807) is 0 Å². The Morgan fingerprint density at radius 3 is 2.39 bits per heavy atom. The second-order valence-electron chi connectivity index (χ2n) is 6.97. The lowest BCUT2D eigenvalue weighted by Gasteiger charge is -2.31. The van der Waals surface area contributed by atoms with Crippen LogP contribution in [-0.2, 0) is 21.0 Å². The summed E-state index contributed by atoms with van der Waals surface area (Å²) in [6.45, 7) is -0.165. The number of amides is 1. The van der Waals surface area contributed by atoms with Crippen molar-refractivity contribution in [2.45, 2.75) is 23.9 Å². The molecular formula is C20H17ClF3N3O3S. The first-order valence-electron chi connectivity index (χ1n) is 9.21. The van der Waals surface area contributed by atoms with E-state index in [0.717, 1.165) is 22.5 Å². The van der Waals surface area contributed by atoms with Gasteiger partial charge in [-0.1, -0.05) is 23.7 Å². The van der Waals surface area contributed by atoms with Gasteiger partial charge in [0.25, 0.3) is 0 Å². The van der Waals surface area contributed by atoms with Crippen LogP contribution in [0.3, 0.4) is 0 Å². The van der Waals surface area contributed by atoms with Crippen LogP contribution in [0.4, 0.5) is 18.9 Å². The Labute approximate surface area is 182 Å². The molecule has 2 aromatic rings. The van der Waals surface area contributed by atoms with E-state index in [1.807, 2.05) is 6.07 Å². The Hall–Kier alpha value is -2.61. The molecule has 11 heteroatoms. The van der Waals surface area contributed by atoms with Crippen LogP contribution in [0.1, 0.15) is 24.0 Å². The maximum Gasteiger partial charge on any atom is 0.417 e. The van der Waals surface area contributed by atoms with E-state index < -0.39 is 32.6 Å². The zero-order valence-electron chi connectivity index (χ0n) is 16.0. The summed E-state index contributed by atoms with van der Waals surface area (Å²) in [5.41, 5.74) is -0.562. The molecule has 1 heterocycles. The number of hydrogen-bond donors (Lipinski definition) is 1. The second-order valence-corrected chi connectivity index (χ2v) is 9.28. The summed E-state index contributed by atoms with van der Waals surface area (Å²) in [5.74, 6) is -0.868. The van der Waals surface area contributed by atoms with Gasteiger partial charge in [0.15, 0.2) is 0 Å². The maximum absolute atomic E-state index is 13.2. The second kappa shape index (κ2) is 8.86. The first kappa shape index (κ1) is 23.1. The van der Waals surface area contributed by atoms with Crippen molar-refractivity contribution in [2.24, 2.45) is 5.92 Å². The Bertz CT molecular complexity index is 1140. The van der Waals surface area contributed by atoms with Crippen LogP contribution in [0.5, 0.6) is 0 Å². The number of benzene rings is 2. The van der Waals surface area contributed by atoms with E-state index in [0.29, 0.717) is 5.69 Å². The molecule has 0 spiro atoms. The van der Waals surface area contributed by atoms with Crippen LogP contribution in [0, 0.1) is 17.2 Å². The van der Waals surface area contributed by atoms with Gasteiger partial charge < -0.3 is 5.32 Å². The minimum atomic E-state index is -4.80. The van der Waals surface area contributed by atoms with Gasteiger partial charge in [-0.05, 0) is 43.2 Å². The molecule has 31 heavy (non-hydrogen) atoms. The van der Waals surface area contributed by atoms with Crippen LogP contribution in [0.15, 0.2) is 47.4 Å². The van der Waals surface area contributed by atoms with E-state index in [-0.39, 0.29) is 42.4 Å². The summed E-state index contributed by atoms with van der Waals surface area (Å²) in [4.78, 5) is 11.7. The molecule has 3 rings (SSSR count). The van der Waals surface area contributed by atoms with E-state index in [9.17, 15) is 26.4 Å². The van der Waals surface area contributed by atoms with Crippen molar-refractivity contribution in [1.29, 1.82) is 5.26 Å². The molecule has 0 atom stereocenters. The van der Waals surface area contributed by atoms with Crippen molar-refractivity contribution < 1.29 is 26.4 Å². The molecule has 0 aliphatic carbocycles. The maximum atomic E-state index is 13.2. The third kappa shape index (κ3) is 5.01. The summed E-state index contributed by atoms with van der Waals surface area (Å²) >= 11 is 5.94. The number of carbonyl (C=O) groups excluding carboxylic acids is 1. The minimum absolute atomic E-state index is 0.0826. The molecule has 6 nitrogen and oxygen atoms in total. The topological polar surface area (TPSA) is 90.3 Å². The number of nitriles is 1. The quantitative estimate of drug-likeness (QED) is 0.721. The lowest BCUT2D eigenvalue weighted by Crippen LogP contribution is -2.41. The summed E-state index contributed by atoms with van der Waals surface area (Å²) in [5, 5.41) is 11.7. The highest BCUT2D eigenvalue weighted by atomic mass is 35.5. The summed E-state index contributed by atoms with van der Waals surface area (Å²) in [6.07, 6.45) is -4.49. The number of nitrogens with one attached hydrogen (secondary N) is 1. The van der Waals surface area contributed by atoms with Gasteiger partial charge in [0.1, 0.15) is 6.07 Å². The molecule has 0 saturated carbocycles. The van der Waals surface area contributed by atoms with Crippen molar-refractivity contribution in [3.8, 4) is 6.07 Å². The Morgan fingerprint density at radius 2 is 1.81 bits per heavy atom. The van der Waals surface area contributed by atoms with Gasteiger partial charge in [-0.2, -0.15) is 22.7 Å². The fraction of sp³-hybridized carbons (Fsp3) is 0.300. The average Bonchev–Trinajstić information content (AvgIpc) is 2.73. The standard InChI is InChI=1S/C20H17ClF3N3O3S/c21-17-11-15(6-5-14(17)12-25)26-19(28)13-7-9-27(10-8-13)31(29,30)18-4-2-1-3-16(18)20(22,23)24/h1-6,11,13H,7-10H2,(H,26,28). The summed E-state index contributed by atoms with van der Waals surface area (Å²) < 4.78 is 66.3. The van der Waals surface area contributed by atoms with Gasteiger partial charge >= 0.3 is 6.18 Å². The van der Waals surface area contributed by atoms with Crippen LogP contribution < -0.4 is 5.32 Å². The van der Waals surface area contributed by atoms with E-state index in [4.69, 9.17) is 16.9 Å². The van der Waals surface area contributed by atoms with Crippen LogP contribution >= 0.6 is 11.6 Å². The van der Waals surface area contributed by atoms with Crippen molar-refractivity contribution in [3.63, 3.8) is 0 Å². The molecule has 0 bridgehead atoms. The number of carbonyl (C=O) groups is 1. The van der Waals surface area contributed by atoms with Crippen LogP contribution in [0.25, 0.3) is 0 Å². The number of rotatable bonds is 4. The number of hydrogen-bond acceptors (Lipinski definition) is 4. The molecule has 1 amide bonds. The van der Waals surface area contributed by atoms with Crippen molar-refractivity contribution in [3.05, 3.63) is 58.6 Å². The van der Waals surface area contributed by atoms with E-state index >= 15 is 0 Å². The van der Waals surface area contributed by atoms with Crippen LogP contribution in [0.2, 0.25) is 5.02 Å². The van der Waals surface area contributed by atoms with E-state index in [2.05, 4.69) is 5.32 Å². The fourth-order valence-electron chi connectivity index (χ4n) is 3.35. The third-order valence-corrected chi connectivity index (χ3v) is 7.26. The normalized spacial score (nSPS) is 16.0. The Kier molecular flexibility index (Phi) is 6.59. The Balaban J connectivity index is 1.69. The highest BCUT2D eigenvalue weighted by molar-refractivity contribution is 7.89. The minimum Gasteiger partial charge on any atom is -0.326 e. The molecule has 1 fully saturated rings. The molecule has 2 aromatic carbocycles. The van der Waals surface area contributed by atoms with Gasteiger partial charge in [-0.25, -0.2) is 8.42 Å². The monoisotopic (exact) mass is 471 g/mol. The SMILES string of the molecule is N#Cc1ccc(NC(=O)C2CCN(S(=O)(=O)c3ccccc3C(F)(F)F)CC2)cc1Cl. The molecular weight excluding hydrogens is 455 g/mol. The third-order valence-electron chi connectivity index (χ3n) is 4.99. The smallest absolute Gasteiger partial charge is 0.326 e. The lowest BCUT2D eigenvalue weighted by atomic mass is 9.97. The zero-order valence-corrected chi connectivity index (χ0v) is 17.6. The number of alkyl halides is 3. The summed E-state index contributed by atoms with van der Waals surface area (Å²) in [7, 11) is -4.36. The van der Waals surface area contributed by atoms with Gasteiger partial charge in [-0.3, -0.25) is 4.79 Å². The molecule has 1 N–H and O–H groups in total. The number of halogens is 4. The zero-order chi connectivity index (χ0) is 22.8. The number of piperidine rings is 1. The highest BCUT2D eigenvalue weighted by Crippen LogP contribution is 2.36. The Morgan fingerprint density at radius 1 is 1.16 bits per heavy atom. The molecule has 1 saturated heterocycles. The molecule has 0 unspecified atom stereocenters. The summed E-state index contributed by atoms with van der Waals surface area (Å²) in [6, 6.07) is 10.4. The highest BCUT2D eigenvalue weighted by Gasteiger charge is 2.40. The van der Waals surface area contributed by atoms with E-state index in [1.165, 1.54) is 24.3 Å². The van der Waals surface area contributed by atoms with Crippen molar-refractivity contribution in [1.82, 2.24) is 4.31 Å². The number of sulfonamides is 1. The van der Waals surface area contributed by atoms with Gasteiger partial charge in [0.2, 0.25) is 15.9 Å². The van der Waals surface area contributed by atoms with Gasteiger partial charge in [0.05, 0.1) is 21.0 Å². The predicted molar refractivity (Wildman–Crippen MR) is 108 cm³/mol. The predicted octanol–water partition coefficient (Wildman–Crippen LogP) is 4.27. The largest absolute Gasteiger partial charge is 0.417 e. The van der Waals surface area contributed by atoms with Crippen molar-refractivity contribution in [2.75, 3.05) is 18.4 Å². The molecule has 1 aliphatic rings. The van der Waals surface area contributed by atoms with Crippen LogP contribution in [-0.4, -0.2) is 31.7 Å². The fourth-order valence-corrected chi connectivity index (χ4v) is 5.26. The van der Waals surface area contributed by atoms with Crippen molar-refractivity contribution >= 4 is 33.2 Å². The number of nitrogens with zero attached hydrogens (tertiary/aromatic N) is 2. The molecule has 164 valence electrons. The van der Waals surface area contributed by atoms with Gasteiger partial charge in [0, 0.05) is 24.7 Å². The average molecular weight is 472 g/mol. The first-order chi connectivity index (χ1) is 14.5. The first-order valence-corrected chi connectivity index (χ1v) is 11.0. The molecule has 1 aliphatic heterocycles. The molecule has 0 aromatic heterocycles.